The molecule has 0 aliphatic heterocycles. The Morgan fingerprint density at radius 3 is 2.64 bits per heavy atom. The summed E-state index contributed by atoms with van der Waals surface area (Å²) in [5, 5.41) is 10.2. The number of ether oxygens (including phenoxy) is 2. The highest BCUT2D eigenvalue weighted by molar-refractivity contribution is 5.98. The zero-order chi connectivity index (χ0) is 15.7. The van der Waals surface area contributed by atoms with Crippen LogP contribution < -0.4 is 14.8 Å². The summed E-state index contributed by atoms with van der Waals surface area (Å²) < 4.78 is 10.6. The van der Waals surface area contributed by atoms with Gasteiger partial charge in [-0.3, -0.25) is 9.89 Å². The van der Waals surface area contributed by atoms with Gasteiger partial charge in [0.1, 0.15) is 5.69 Å². The highest BCUT2D eigenvalue weighted by atomic mass is 16.5. The molecule has 6 heteroatoms. The topological polar surface area (TPSA) is 76.2 Å². The van der Waals surface area contributed by atoms with E-state index in [1.165, 1.54) is 0 Å². The first-order valence-corrected chi connectivity index (χ1v) is 7.22. The highest BCUT2D eigenvalue weighted by Gasteiger charge is 2.30. The lowest BCUT2D eigenvalue weighted by molar-refractivity contribution is -0.117. The lowest BCUT2D eigenvalue weighted by atomic mass is 10.1. The number of benzene rings is 1. The first kappa shape index (κ1) is 14.4. The number of aromatic nitrogens is 2. The molecule has 22 heavy (non-hydrogen) atoms. The van der Waals surface area contributed by atoms with E-state index in [4.69, 9.17) is 9.47 Å². The fourth-order valence-electron chi connectivity index (χ4n) is 2.35. The Hall–Kier alpha value is -2.50. The van der Waals surface area contributed by atoms with Gasteiger partial charge in [-0.1, -0.05) is 0 Å². The summed E-state index contributed by atoms with van der Waals surface area (Å²) in [6.07, 6.45) is 1.93. The van der Waals surface area contributed by atoms with Crippen LogP contribution in [0.3, 0.4) is 0 Å². The Morgan fingerprint density at radius 2 is 2.00 bits per heavy atom. The number of hydrogen-bond acceptors (Lipinski definition) is 4. The van der Waals surface area contributed by atoms with Crippen LogP contribution in [0.25, 0.3) is 11.3 Å². The summed E-state index contributed by atoms with van der Waals surface area (Å²) >= 11 is 0. The molecular formula is C16H19N3O3. The molecule has 1 fully saturated rings. The fourth-order valence-corrected chi connectivity index (χ4v) is 2.35. The molecule has 0 saturated heterocycles. The standard InChI is InChI=1S/C16H19N3O3/c1-9-14(17-16(20)10-4-5-10)15(19-18-9)11-6-7-12(21-2)13(8-11)22-3/h6-8,10H,4-5H2,1-3H3,(H,17,20)(H,18,19). The van der Waals surface area contributed by atoms with Crippen LogP contribution in [0, 0.1) is 12.8 Å². The molecule has 0 atom stereocenters. The van der Waals surface area contributed by atoms with Gasteiger partial charge in [0.05, 0.1) is 25.6 Å². The van der Waals surface area contributed by atoms with Crippen LogP contribution in [0.2, 0.25) is 0 Å². The van der Waals surface area contributed by atoms with Crippen molar-refractivity contribution in [3.05, 3.63) is 23.9 Å². The third kappa shape index (κ3) is 2.64. The highest BCUT2D eigenvalue weighted by Crippen LogP contribution is 2.36. The van der Waals surface area contributed by atoms with Gasteiger partial charge in [0.15, 0.2) is 11.5 Å². The number of anilines is 1. The predicted octanol–water partition coefficient (Wildman–Crippen LogP) is 2.75. The maximum Gasteiger partial charge on any atom is 0.227 e. The molecule has 1 amide bonds. The van der Waals surface area contributed by atoms with E-state index in [9.17, 15) is 4.79 Å². The molecule has 2 N–H and O–H groups in total. The molecular weight excluding hydrogens is 282 g/mol. The van der Waals surface area contributed by atoms with Crippen molar-refractivity contribution in [3.63, 3.8) is 0 Å². The van der Waals surface area contributed by atoms with Crippen molar-refractivity contribution in [2.45, 2.75) is 19.8 Å². The number of carbonyl (C=O) groups is 1. The van der Waals surface area contributed by atoms with Gasteiger partial charge in [0.2, 0.25) is 5.91 Å². The molecule has 3 rings (SSSR count). The van der Waals surface area contributed by atoms with Crippen LogP contribution in [0.5, 0.6) is 11.5 Å². The molecule has 0 unspecified atom stereocenters. The molecule has 1 aliphatic rings. The van der Waals surface area contributed by atoms with E-state index >= 15 is 0 Å². The van der Waals surface area contributed by atoms with E-state index in [0.29, 0.717) is 17.2 Å². The Kier molecular flexibility index (Phi) is 3.75. The summed E-state index contributed by atoms with van der Waals surface area (Å²) in [4.78, 5) is 12.0. The Balaban J connectivity index is 1.96. The van der Waals surface area contributed by atoms with Crippen molar-refractivity contribution in [2.24, 2.45) is 5.92 Å². The maximum absolute atomic E-state index is 12.0. The minimum atomic E-state index is 0.0613. The average molecular weight is 301 g/mol. The van der Waals surface area contributed by atoms with E-state index in [1.54, 1.807) is 14.2 Å². The van der Waals surface area contributed by atoms with Gasteiger partial charge < -0.3 is 14.8 Å². The van der Waals surface area contributed by atoms with Crippen LogP contribution in [0.1, 0.15) is 18.5 Å². The van der Waals surface area contributed by atoms with E-state index in [2.05, 4.69) is 15.5 Å². The number of methoxy groups -OCH3 is 2. The molecule has 6 nitrogen and oxygen atoms in total. The number of hydrogen-bond donors (Lipinski definition) is 2. The number of nitrogens with zero attached hydrogens (tertiary/aromatic N) is 1. The number of nitrogens with one attached hydrogen (secondary N) is 2. The van der Waals surface area contributed by atoms with Gasteiger partial charge in [-0.05, 0) is 38.0 Å². The van der Waals surface area contributed by atoms with E-state index in [0.717, 1.165) is 29.8 Å². The molecule has 116 valence electrons. The molecule has 0 spiro atoms. The minimum absolute atomic E-state index is 0.0613. The first-order valence-electron chi connectivity index (χ1n) is 7.22. The number of aryl methyl sites for hydroxylation is 1. The summed E-state index contributed by atoms with van der Waals surface area (Å²) in [5.74, 6) is 1.49. The van der Waals surface area contributed by atoms with Crippen molar-refractivity contribution in [2.75, 3.05) is 19.5 Å². The second-order valence-corrected chi connectivity index (χ2v) is 5.41. The molecule has 1 aliphatic carbocycles. The SMILES string of the molecule is COc1ccc(-c2n[nH]c(C)c2NC(=O)C2CC2)cc1OC. The minimum Gasteiger partial charge on any atom is -0.493 e. The van der Waals surface area contributed by atoms with Crippen LogP contribution in [0.4, 0.5) is 5.69 Å². The molecule has 1 aromatic heterocycles. The third-order valence-corrected chi connectivity index (χ3v) is 3.80. The summed E-state index contributed by atoms with van der Waals surface area (Å²) in [6.45, 7) is 1.89. The quantitative estimate of drug-likeness (QED) is 0.890. The van der Waals surface area contributed by atoms with Gasteiger partial charge in [-0.2, -0.15) is 5.10 Å². The molecule has 0 bridgehead atoms. The Morgan fingerprint density at radius 1 is 1.27 bits per heavy atom. The largest absolute Gasteiger partial charge is 0.493 e. The zero-order valence-electron chi connectivity index (χ0n) is 12.9. The molecule has 1 heterocycles. The zero-order valence-corrected chi connectivity index (χ0v) is 12.9. The second kappa shape index (κ2) is 5.71. The third-order valence-electron chi connectivity index (χ3n) is 3.80. The van der Waals surface area contributed by atoms with Crippen molar-refractivity contribution in [1.82, 2.24) is 10.2 Å². The molecule has 0 radical (unpaired) electrons. The number of aromatic amines is 1. The van der Waals surface area contributed by atoms with E-state index in [1.807, 2.05) is 25.1 Å². The second-order valence-electron chi connectivity index (χ2n) is 5.41. The van der Waals surface area contributed by atoms with Gasteiger partial charge in [-0.25, -0.2) is 0 Å². The van der Waals surface area contributed by atoms with Crippen molar-refractivity contribution in [3.8, 4) is 22.8 Å². The lowest BCUT2D eigenvalue weighted by Crippen LogP contribution is -2.14. The number of rotatable bonds is 5. The smallest absolute Gasteiger partial charge is 0.227 e. The molecule has 1 saturated carbocycles. The predicted molar refractivity (Wildman–Crippen MR) is 83.2 cm³/mol. The number of H-pyrrole nitrogens is 1. The number of carbonyl (C=O) groups excluding carboxylic acids is 1. The summed E-state index contributed by atoms with van der Waals surface area (Å²) in [7, 11) is 3.19. The van der Waals surface area contributed by atoms with Gasteiger partial charge in [-0.15, -0.1) is 0 Å². The van der Waals surface area contributed by atoms with Crippen LogP contribution in [-0.2, 0) is 4.79 Å². The summed E-state index contributed by atoms with van der Waals surface area (Å²) in [5.41, 5.74) is 3.11. The van der Waals surface area contributed by atoms with E-state index in [-0.39, 0.29) is 11.8 Å². The first-order chi connectivity index (χ1) is 10.6. The van der Waals surface area contributed by atoms with Crippen LogP contribution in [-0.4, -0.2) is 30.3 Å². The number of amides is 1. The monoisotopic (exact) mass is 301 g/mol. The van der Waals surface area contributed by atoms with Crippen LogP contribution >= 0.6 is 0 Å². The summed E-state index contributed by atoms with van der Waals surface area (Å²) in [6, 6.07) is 5.57. The van der Waals surface area contributed by atoms with Crippen molar-refractivity contribution in [1.29, 1.82) is 0 Å². The van der Waals surface area contributed by atoms with Crippen LogP contribution in [0.15, 0.2) is 18.2 Å². The Labute approximate surface area is 128 Å². The maximum atomic E-state index is 12.0. The average Bonchev–Trinajstić information content (AvgIpc) is 3.33. The lowest BCUT2D eigenvalue weighted by Gasteiger charge is -2.10. The Bertz CT molecular complexity index is 705. The van der Waals surface area contributed by atoms with Crippen molar-refractivity contribution < 1.29 is 14.3 Å². The van der Waals surface area contributed by atoms with Crippen molar-refractivity contribution >= 4 is 11.6 Å². The molecule has 1 aromatic carbocycles. The van der Waals surface area contributed by atoms with Gasteiger partial charge in [0, 0.05) is 11.5 Å². The fraction of sp³-hybridized carbons (Fsp3) is 0.375. The normalized spacial score (nSPS) is 13.8. The van der Waals surface area contributed by atoms with Gasteiger partial charge >= 0.3 is 0 Å². The van der Waals surface area contributed by atoms with E-state index < -0.39 is 0 Å². The van der Waals surface area contributed by atoms with Gasteiger partial charge in [0.25, 0.3) is 0 Å². The molecule has 2 aromatic rings.